The molecule has 0 unspecified atom stereocenters. The van der Waals surface area contributed by atoms with Crippen LogP contribution >= 0.6 is 0 Å². The van der Waals surface area contributed by atoms with Crippen LogP contribution in [0.3, 0.4) is 0 Å². The third kappa shape index (κ3) is 5.41. The Morgan fingerprint density at radius 1 is 0.627 bits per heavy atom. The van der Waals surface area contributed by atoms with E-state index < -0.39 is 0 Å². The van der Waals surface area contributed by atoms with Crippen molar-refractivity contribution in [2.45, 2.75) is 45.4 Å². The molecule has 1 aromatic heterocycles. The lowest BCUT2D eigenvalue weighted by atomic mass is 9.73. The Morgan fingerprint density at radius 3 is 1.90 bits per heavy atom. The first-order valence-corrected chi connectivity index (χ1v) is 17.7. The number of pyridine rings is 1. The first kappa shape index (κ1) is 32.3. The number of rotatable bonds is 6. The molecule has 250 valence electrons. The standard InChI is InChI=1S/C48H42N2O/c1-7-16-32(17-8-2)41-28-35(29-42(49-41)33-18-10-9-11-19-33)34-24-26-39-45(30-34)51-46-31-36(25-27-40(46)48(39,5)6)50-43-22-14-12-20-37(43)47(3,4)38-21-13-15-23-44(38)50/h7-31H,1H2,2-6H3/b17-8-,32-16+. The van der Waals surface area contributed by atoms with Crippen LogP contribution in [0, 0.1) is 0 Å². The maximum absolute atomic E-state index is 6.92. The number of hydrogen-bond donors (Lipinski definition) is 0. The Bertz CT molecular complexity index is 2330. The van der Waals surface area contributed by atoms with Crippen molar-refractivity contribution in [3.05, 3.63) is 186 Å². The predicted molar refractivity (Wildman–Crippen MR) is 214 cm³/mol. The molecule has 0 bridgehead atoms. The van der Waals surface area contributed by atoms with Crippen molar-refractivity contribution in [3.63, 3.8) is 0 Å². The summed E-state index contributed by atoms with van der Waals surface area (Å²) in [5, 5.41) is 0. The van der Waals surface area contributed by atoms with Crippen molar-refractivity contribution < 1.29 is 4.74 Å². The molecule has 3 heterocycles. The van der Waals surface area contributed by atoms with Crippen LogP contribution in [-0.2, 0) is 10.8 Å². The van der Waals surface area contributed by atoms with Crippen molar-refractivity contribution in [2.24, 2.45) is 0 Å². The van der Waals surface area contributed by atoms with Gasteiger partial charge in [0.25, 0.3) is 0 Å². The average Bonchev–Trinajstić information content (AvgIpc) is 3.15. The summed E-state index contributed by atoms with van der Waals surface area (Å²) < 4.78 is 6.92. The number of para-hydroxylation sites is 2. The first-order chi connectivity index (χ1) is 24.7. The minimum atomic E-state index is -0.260. The second-order valence-corrected chi connectivity index (χ2v) is 14.5. The fraction of sp³-hybridized carbons (Fsp3) is 0.146. The van der Waals surface area contributed by atoms with Crippen molar-refractivity contribution in [3.8, 4) is 33.9 Å². The Balaban J connectivity index is 1.24. The molecule has 0 saturated heterocycles. The van der Waals surface area contributed by atoms with Crippen LogP contribution in [0.4, 0.5) is 17.1 Å². The molecule has 51 heavy (non-hydrogen) atoms. The smallest absolute Gasteiger partial charge is 0.133 e. The highest BCUT2D eigenvalue weighted by Gasteiger charge is 2.38. The highest BCUT2D eigenvalue weighted by molar-refractivity contribution is 5.87. The molecule has 0 N–H and O–H groups in total. The molecule has 0 radical (unpaired) electrons. The van der Waals surface area contributed by atoms with Gasteiger partial charge in [-0.3, -0.25) is 0 Å². The third-order valence-electron chi connectivity index (χ3n) is 10.6. The van der Waals surface area contributed by atoms with Gasteiger partial charge in [-0.25, -0.2) is 4.98 Å². The number of allylic oxidation sites excluding steroid dienone is 5. The van der Waals surface area contributed by atoms with Gasteiger partial charge in [-0.05, 0) is 71.1 Å². The summed E-state index contributed by atoms with van der Waals surface area (Å²) in [5.41, 5.74) is 14.1. The summed E-state index contributed by atoms with van der Waals surface area (Å²) in [6.07, 6.45) is 7.94. The quantitative estimate of drug-likeness (QED) is 0.166. The molecule has 8 rings (SSSR count). The summed E-state index contributed by atoms with van der Waals surface area (Å²) in [7, 11) is 0. The molecule has 6 aromatic rings. The van der Waals surface area contributed by atoms with Crippen molar-refractivity contribution in [1.82, 2.24) is 4.98 Å². The van der Waals surface area contributed by atoms with E-state index in [4.69, 9.17) is 9.72 Å². The lowest BCUT2D eigenvalue weighted by Gasteiger charge is -2.42. The summed E-state index contributed by atoms with van der Waals surface area (Å²) in [6.45, 7) is 15.2. The van der Waals surface area contributed by atoms with Gasteiger partial charge in [-0.2, -0.15) is 0 Å². The fourth-order valence-electron chi connectivity index (χ4n) is 7.90. The first-order valence-electron chi connectivity index (χ1n) is 17.7. The van der Waals surface area contributed by atoms with E-state index in [2.05, 4.69) is 167 Å². The molecular formula is C48H42N2O. The third-order valence-corrected chi connectivity index (χ3v) is 10.6. The van der Waals surface area contributed by atoms with Gasteiger partial charge in [0, 0.05) is 39.3 Å². The number of nitrogens with zero attached hydrogens (tertiary/aromatic N) is 2. The summed E-state index contributed by atoms with van der Waals surface area (Å²) in [4.78, 5) is 7.49. The second-order valence-electron chi connectivity index (χ2n) is 14.5. The molecule has 5 aromatic carbocycles. The second kappa shape index (κ2) is 12.4. The van der Waals surface area contributed by atoms with E-state index in [9.17, 15) is 0 Å². The van der Waals surface area contributed by atoms with E-state index in [1.54, 1.807) is 0 Å². The van der Waals surface area contributed by atoms with E-state index >= 15 is 0 Å². The van der Waals surface area contributed by atoms with Gasteiger partial charge in [0.1, 0.15) is 11.5 Å². The summed E-state index contributed by atoms with van der Waals surface area (Å²) in [6, 6.07) is 45.6. The Morgan fingerprint density at radius 2 is 1.24 bits per heavy atom. The van der Waals surface area contributed by atoms with Crippen LogP contribution in [0.2, 0.25) is 0 Å². The van der Waals surface area contributed by atoms with Gasteiger partial charge >= 0.3 is 0 Å². The molecule has 2 aliphatic rings. The topological polar surface area (TPSA) is 25.4 Å². The van der Waals surface area contributed by atoms with Crippen molar-refractivity contribution in [1.29, 1.82) is 0 Å². The Hall–Kier alpha value is -5.93. The maximum atomic E-state index is 6.92. The SMILES string of the molecule is C=C/C=C(\C=C/C)c1cc(-c2ccc3c(c2)Oc2cc(N4c5ccccc5C(C)(C)c5ccccc54)ccc2C3(C)C)cc(-c2ccccc2)n1. The highest BCUT2D eigenvalue weighted by atomic mass is 16.5. The highest BCUT2D eigenvalue weighted by Crippen LogP contribution is 2.54. The largest absolute Gasteiger partial charge is 0.457 e. The molecule has 2 aliphatic heterocycles. The number of benzene rings is 5. The Labute approximate surface area is 301 Å². The zero-order chi connectivity index (χ0) is 35.3. The lowest BCUT2D eigenvalue weighted by Crippen LogP contribution is -2.30. The van der Waals surface area contributed by atoms with E-state index in [1.807, 2.05) is 31.2 Å². The van der Waals surface area contributed by atoms with E-state index in [0.29, 0.717) is 0 Å². The summed E-state index contributed by atoms with van der Waals surface area (Å²) >= 11 is 0. The number of hydrogen-bond acceptors (Lipinski definition) is 3. The van der Waals surface area contributed by atoms with Gasteiger partial charge in [0.15, 0.2) is 0 Å². The molecule has 3 heteroatoms. The molecule has 0 spiro atoms. The molecule has 0 saturated carbocycles. The van der Waals surface area contributed by atoms with Gasteiger partial charge in [-0.1, -0.05) is 144 Å². The van der Waals surface area contributed by atoms with Crippen LogP contribution in [-0.4, -0.2) is 4.98 Å². The number of fused-ring (bicyclic) bond motifs is 4. The fourth-order valence-corrected chi connectivity index (χ4v) is 7.90. The molecule has 0 aliphatic carbocycles. The number of anilines is 3. The zero-order valence-electron chi connectivity index (χ0n) is 29.9. The van der Waals surface area contributed by atoms with Crippen molar-refractivity contribution in [2.75, 3.05) is 4.90 Å². The van der Waals surface area contributed by atoms with E-state index in [0.717, 1.165) is 50.8 Å². The Kier molecular flexibility index (Phi) is 7.87. The molecule has 0 amide bonds. The zero-order valence-corrected chi connectivity index (χ0v) is 29.9. The molecular weight excluding hydrogens is 621 g/mol. The molecule has 3 nitrogen and oxygen atoms in total. The summed E-state index contributed by atoms with van der Waals surface area (Å²) in [5.74, 6) is 1.75. The van der Waals surface area contributed by atoms with Gasteiger partial charge < -0.3 is 9.64 Å². The van der Waals surface area contributed by atoms with E-state index in [-0.39, 0.29) is 10.8 Å². The predicted octanol–water partition coefficient (Wildman–Crippen LogP) is 13.1. The van der Waals surface area contributed by atoms with Gasteiger partial charge in [0.05, 0.1) is 22.8 Å². The van der Waals surface area contributed by atoms with Crippen LogP contribution < -0.4 is 9.64 Å². The van der Waals surface area contributed by atoms with Crippen LogP contribution in [0.25, 0.3) is 28.0 Å². The minimum absolute atomic E-state index is 0.117. The maximum Gasteiger partial charge on any atom is 0.133 e. The number of aromatic nitrogens is 1. The molecule has 0 fully saturated rings. The van der Waals surface area contributed by atoms with E-state index in [1.165, 1.54) is 33.6 Å². The monoisotopic (exact) mass is 662 g/mol. The minimum Gasteiger partial charge on any atom is -0.457 e. The lowest BCUT2D eigenvalue weighted by molar-refractivity contribution is 0.418. The van der Waals surface area contributed by atoms with Crippen LogP contribution in [0.15, 0.2) is 158 Å². The van der Waals surface area contributed by atoms with Crippen LogP contribution in [0.5, 0.6) is 11.5 Å². The normalized spacial score (nSPS) is 15.3. The number of ether oxygens (including phenoxy) is 1. The van der Waals surface area contributed by atoms with Crippen LogP contribution in [0.1, 0.15) is 62.6 Å². The van der Waals surface area contributed by atoms with Crippen molar-refractivity contribution >= 4 is 22.6 Å². The van der Waals surface area contributed by atoms with Gasteiger partial charge in [0.2, 0.25) is 0 Å². The van der Waals surface area contributed by atoms with Gasteiger partial charge in [-0.15, -0.1) is 0 Å². The average molecular weight is 663 g/mol. The molecule has 0 atom stereocenters.